The molecule has 1 aromatic carbocycles. The van der Waals surface area contributed by atoms with E-state index in [0.29, 0.717) is 19.0 Å². The fraction of sp³-hybridized carbons (Fsp3) is 0.368. The number of oxazole rings is 1. The number of aromatic nitrogens is 3. The molecule has 6 heteroatoms. The van der Waals surface area contributed by atoms with Crippen molar-refractivity contribution in [3.05, 3.63) is 52.7 Å². The summed E-state index contributed by atoms with van der Waals surface area (Å²) in [7, 11) is 0. The maximum atomic E-state index is 9.14. The van der Waals surface area contributed by atoms with E-state index in [-0.39, 0.29) is 6.61 Å². The lowest BCUT2D eigenvalue weighted by molar-refractivity contribution is 0.268. The molecule has 0 amide bonds. The molecule has 3 aromatic rings. The van der Waals surface area contributed by atoms with Gasteiger partial charge in [-0.15, -0.1) is 0 Å². The fourth-order valence-corrected chi connectivity index (χ4v) is 2.92. The molecule has 0 bridgehead atoms. The molecule has 2 heterocycles. The Bertz CT molecular complexity index is 880. The number of aliphatic hydroxyl groups excluding tert-OH is 1. The van der Waals surface area contributed by atoms with Crippen molar-refractivity contribution >= 4 is 5.69 Å². The van der Waals surface area contributed by atoms with E-state index in [1.54, 1.807) is 6.26 Å². The van der Waals surface area contributed by atoms with Crippen LogP contribution in [0.2, 0.25) is 0 Å². The molecule has 0 fully saturated rings. The van der Waals surface area contributed by atoms with Crippen molar-refractivity contribution in [2.24, 2.45) is 0 Å². The Morgan fingerprint density at radius 2 is 2.00 bits per heavy atom. The van der Waals surface area contributed by atoms with Crippen LogP contribution in [0.4, 0.5) is 5.69 Å². The monoisotopic (exact) mass is 340 g/mol. The number of rotatable bonds is 6. The van der Waals surface area contributed by atoms with Crippen molar-refractivity contribution < 1.29 is 9.52 Å². The average Bonchev–Trinajstić information content (AvgIpc) is 3.12. The van der Waals surface area contributed by atoms with Gasteiger partial charge in [-0.2, -0.15) is 5.10 Å². The summed E-state index contributed by atoms with van der Waals surface area (Å²) in [4.78, 5) is 4.39. The molecule has 0 aliphatic rings. The first-order chi connectivity index (χ1) is 12.0. The minimum Gasteiger partial charge on any atom is -0.444 e. The molecule has 0 saturated carbocycles. The second kappa shape index (κ2) is 7.11. The molecular formula is C19H24N4O2. The molecule has 0 aliphatic heterocycles. The molecular weight excluding hydrogens is 316 g/mol. The second-order valence-electron chi connectivity index (χ2n) is 6.27. The molecule has 0 radical (unpaired) electrons. The number of nitrogens with zero attached hydrogens (tertiary/aromatic N) is 3. The van der Waals surface area contributed by atoms with Crippen LogP contribution in [0.15, 0.2) is 28.9 Å². The second-order valence-corrected chi connectivity index (χ2v) is 6.27. The van der Waals surface area contributed by atoms with Gasteiger partial charge in [0.1, 0.15) is 6.26 Å². The van der Waals surface area contributed by atoms with Crippen LogP contribution >= 0.6 is 0 Å². The lowest BCUT2D eigenvalue weighted by Gasteiger charge is -2.11. The lowest BCUT2D eigenvalue weighted by Crippen LogP contribution is -2.07. The smallest absolute Gasteiger partial charge is 0.226 e. The van der Waals surface area contributed by atoms with Crippen molar-refractivity contribution in [1.29, 1.82) is 0 Å². The zero-order valence-corrected chi connectivity index (χ0v) is 15.1. The van der Waals surface area contributed by atoms with Crippen LogP contribution in [0.25, 0.3) is 11.5 Å². The van der Waals surface area contributed by atoms with Gasteiger partial charge in [0.2, 0.25) is 5.89 Å². The number of anilines is 1. The van der Waals surface area contributed by atoms with Crippen LogP contribution in [-0.2, 0) is 13.1 Å². The third-order valence-corrected chi connectivity index (χ3v) is 4.40. The summed E-state index contributed by atoms with van der Waals surface area (Å²) in [6, 6.07) is 6.14. The first-order valence-electron chi connectivity index (χ1n) is 8.40. The van der Waals surface area contributed by atoms with Gasteiger partial charge in [0.05, 0.1) is 24.5 Å². The minimum absolute atomic E-state index is 0.0888. The molecule has 0 saturated heterocycles. The number of nitrogens with one attached hydrogen (secondary N) is 1. The molecule has 25 heavy (non-hydrogen) atoms. The van der Waals surface area contributed by atoms with Crippen LogP contribution in [-0.4, -0.2) is 26.5 Å². The zero-order chi connectivity index (χ0) is 18.0. The van der Waals surface area contributed by atoms with E-state index in [1.807, 2.05) is 31.5 Å². The Labute approximate surface area is 147 Å². The average molecular weight is 340 g/mol. The fourth-order valence-electron chi connectivity index (χ4n) is 2.92. The Hall–Kier alpha value is -2.60. The van der Waals surface area contributed by atoms with E-state index >= 15 is 0 Å². The van der Waals surface area contributed by atoms with E-state index in [1.165, 1.54) is 0 Å². The van der Waals surface area contributed by atoms with Gasteiger partial charge >= 0.3 is 0 Å². The largest absolute Gasteiger partial charge is 0.444 e. The number of aliphatic hydroxyl groups is 1. The third-order valence-electron chi connectivity index (χ3n) is 4.40. The van der Waals surface area contributed by atoms with Gasteiger partial charge in [-0.3, -0.25) is 4.68 Å². The van der Waals surface area contributed by atoms with Gasteiger partial charge in [0, 0.05) is 29.1 Å². The predicted octanol–water partition coefficient (Wildman–Crippen LogP) is 3.38. The molecule has 132 valence electrons. The van der Waals surface area contributed by atoms with Gasteiger partial charge in [-0.1, -0.05) is 6.07 Å². The molecule has 2 N–H and O–H groups in total. The minimum atomic E-state index is 0.0888. The lowest BCUT2D eigenvalue weighted by atomic mass is 10.1. The van der Waals surface area contributed by atoms with Gasteiger partial charge in [0.25, 0.3) is 0 Å². The van der Waals surface area contributed by atoms with Crippen molar-refractivity contribution in [2.45, 2.75) is 40.8 Å². The molecule has 3 rings (SSSR count). The Morgan fingerprint density at radius 1 is 1.20 bits per heavy atom. The normalized spacial score (nSPS) is 11.1. The highest BCUT2D eigenvalue weighted by atomic mass is 16.3. The topological polar surface area (TPSA) is 76.1 Å². The highest BCUT2D eigenvalue weighted by molar-refractivity contribution is 5.64. The Kier molecular flexibility index (Phi) is 4.90. The Balaban J connectivity index is 1.82. The summed E-state index contributed by atoms with van der Waals surface area (Å²) >= 11 is 0. The number of aryl methyl sites for hydroxylation is 3. The van der Waals surface area contributed by atoms with Crippen LogP contribution in [0.5, 0.6) is 0 Å². The van der Waals surface area contributed by atoms with Gasteiger partial charge in [-0.05, 0) is 45.4 Å². The van der Waals surface area contributed by atoms with E-state index in [9.17, 15) is 0 Å². The number of hydrogen-bond acceptors (Lipinski definition) is 5. The molecule has 0 atom stereocenters. The quantitative estimate of drug-likeness (QED) is 0.719. The summed E-state index contributed by atoms with van der Waals surface area (Å²) in [5, 5.41) is 17.1. The van der Waals surface area contributed by atoms with Crippen molar-refractivity contribution in [2.75, 3.05) is 11.9 Å². The summed E-state index contributed by atoms with van der Waals surface area (Å²) in [6.07, 6.45) is 1.66. The summed E-state index contributed by atoms with van der Waals surface area (Å²) in [5.74, 6) is 0.628. The van der Waals surface area contributed by atoms with Crippen molar-refractivity contribution in [3.63, 3.8) is 0 Å². The Morgan fingerprint density at radius 3 is 2.68 bits per heavy atom. The van der Waals surface area contributed by atoms with Crippen LogP contribution < -0.4 is 5.32 Å². The standard InChI is InChI=1S/C19H24N4O2/c1-12-5-6-16(19-21-13(2)11-25-19)9-18(12)20-10-17-14(3)22-23(7-8-24)15(17)4/h5-6,9,11,20,24H,7-8,10H2,1-4H3. The SMILES string of the molecule is Cc1coc(-c2ccc(C)c(NCc3c(C)nn(CCO)c3C)c2)n1. The maximum absolute atomic E-state index is 9.14. The summed E-state index contributed by atoms with van der Waals surface area (Å²) < 4.78 is 7.35. The predicted molar refractivity (Wildman–Crippen MR) is 97.5 cm³/mol. The highest BCUT2D eigenvalue weighted by Crippen LogP contribution is 2.26. The number of hydrogen-bond donors (Lipinski definition) is 2. The van der Waals surface area contributed by atoms with E-state index in [4.69, 9.17) is 9.52 Å². The van der Waals surface area contributed by atoms with E-state index in [0.717, 1.165) is 39.5 Å². The summed E-state index contributed by atoms with van der Waals surface area (Å²) in [5.41, 5.74) is 7.24. The van der Waals surface area contributed by atoms with Gasteiger partial charge < -0.3 is 14.8 Å². The third kappa shape index (κ3) is 3.58. The maximum Gasteiger partial charge on any atom is 0.226 e. The molecule has 2 aromatic heterocycles. The molecule has 0 spiro atoms. The van der Waals surface area contributed by atoms with E-state index < -0.39 is 0 Å². The molecule has 0 unspecified atom stereocenters. The van der Waals surface area contributed by atoms with Crippen LogP contribution in [0.1, 0.15) is 28.2 Å². The van der Waals surface area contributed by atoms with Crippen LogP contribution in [0, 0.1) is 27.7 Å². The number of benzene rings is 1. The van der Waals surface area contributed by atoms with E-state index in [2.05, 4.69) is 34.5 Å². The summed E-state index contributed by atoms with van der Waals surface area (Å²) in [6.45, 7) is 9.30. The highest BCUT2D eigenvalue weighted by Gasteiger charge is 2.12. The van der Waals surface area contributed by atoms with Crippen molar-refractivity contribution in [3.8, 4) is 11.5 Å². The van der Waals surface area contributed by atoms with Crippen molar-refractivity contribution in [1.82, 2.24) is 14.8 Å². The zero-order valence-electron chi connectivity index (χ0n) is 15.1. The molecule has 6 nitrogen and oxygen atoms in total. The van der Waals surface area contributed by atoms with Gasteiger partial charge in [0.15, 0.2) is 0 Å². The van der Waals surface area contributed by atoms with Crippen LogP contribution in [0.3, 0.4) is 0 Å². The van der Waals surface area contributed by atoms with Gasteiger partial charge in [-0.25, -0.2) is 4.98 Å². The first kappa shape index (κ1) is 17.2. The first-order valence-corrected chi connectivity index (χ1v) is 8.40. The molecule has 0 aliphatic carbocycles.